The molecule has 0 aliphatic heterocycles. The lowest BCUT2D eigenvalue weighted by Crippen LogP contribution is -2.28. The first-order valence-electron chi connectivity index (χ1n) is 8.64. The van der Waals surface area contributed by atoms with Gasteiger partial charge in [0, 0.05) is 24.7 Å². The van der Waals surface area contributed by atoms with Gasteiger partial charge in [0.25, 0.3) is 0 Å². The topological polar surface area (TPSA) is 63.5 Å². The zero-order valence-electron chi connectivity index (χ0n) is 14.3. The Bertz CT molecular complexity index is 713. The highest BCUT2D eigenvalue weighted by Crippen LogP contribution is 2.18. The SMILES string of the molecule is CCCCCCCCS(=O)(=O)NCCSc1cccc2nccn12. The Morgan fingerprint density at radius 2 is 1.96 bits per heavy atom. The Morgan fingerprint density at radius 1 is 1.17 bits per heavy atom. The molecule has 0 aromatic carbocycles. The number of unbranched alkanes of at least 4 members (excludes halogenated alkanes) is 5. The van der Waals surface area contributed by atoms with Gasteiger partial charge in [0.1, 0.15) is 5.65 Å². The van der Waals surface area contributed by atoms with Crippen LogP contribution >= 0.6 is 11.8 Å². The summed E-state index contributed by atoms with van der Waals surface area (Å²) in [5, 5.41) is 1.07. The predicted molar refractivity (Wildman–Crippen MR) is 101 cm³/mol. The van der Waals surface area contributed by atoms with Crippen LogP contribution in [0.15, 0.2) is 35.6 Å². The van der Waals surface area contributed by atoms with Crippen molar-refractivity contribution in [3.8, 4) is 0 Å². The van der Waals surface area contributed by atoms with Crippen LogP contribution in [0.4, 0.5) is 0 Å². The molecule has 0 bridgehead atoms. The third-order valence-corrected chi connectivity index (χ3v) is 6.34. The van der Waals surface area contributed by atoms with Crippen molar-refractivity contribution in [3.63, 3.8) is 0 Å². The van der Waals surface area contributed by atoms with Gasteiger partial charge in [0.2, 0.25) is 10.0 Å². The molecule has 0 aliphatic rings. The Hall–Kier alpha value is -1.05. The molecular weight excluding hydrogens is 342 g/mol. The fourth-order valence-electron chi connectivity index (χ4n) is 2.54. The van der Waals surface area contributed by atoms with Crippen LogP contribution in [-0.2, 0) is 10.0 Å². The van der Waals surface area contributed by atoms with Crippen LogP contribution in [-0.4, -0.2) is 35.9 Å². The van der Waals surface area contributed by atoms with Crippen molar-refractivity contribution in [2.24, 2.45) is 0 Å². The van der Waals surface area contributed by atoms with Gasteiger partial charge in [-0.1, -0.05) is 45.1 Å². The molecule has 7 heteroatoms. The molecule has 2 aromatic rings. The lowest BCUT2D eigenvalue weighted by molar-refractivity contribution is 0.573. The molecule has 1 N–H and O–H groups in total. The minimum atomic E-state index is -3.14. The molecule has 0 saturated carbocycles. The standard InChI is InChI=1S/C17H27N3O2S2/c1-2-3-4-5-6-7-15-24(21,22)19-12-14-23-17-10-8-9-16-18-11-13-20(16)17/h8-11,13,19H,2-7,12,14-15H2,1H3. The van der Waals surface area contributed by atoms with Gasteiger partial charge in [-0.05, 0) is 18.6 Å². The molecule has 2 heterocycles. The van der Waals surface area contributed by atoms with Gasteiger partial charge in [-0.2, -0.15) is 0 Å². The summed E-state index contributed by atoms with van der Waals surface area (Å²) < 4.78 is 28.6. The number of nitrogens with one attached hydrogen (secondary N) is 1. The van der Waals surface area contributed by atoms with Crippen LogP contribution in [0.25, 0.3) is 5.65 Å². The number of rotatable bonds is 12. The van der Waals surface area contributed by atoms with Crippen molar-refractivity contribution in [3.05, 3.63) is 30.6 Å². The number of pyridine rings is 1. The number of hydrogen-bond donors (Lipinski definition) is 1. The average molecular weight is 370 g/mol. The van der Waals surface area contributed by atoms with Crippen LogP contribution in [0.3, 0.4) is 0 Å². The van der Waals surface area contributed by atoms with Crippen LogP contribution in [0.1, 0.15) is 45.4 Å². The minimum Gasteiger partial charge on any atom is -0.294 e. The van der Waals surface area contributed by atoms with E-state index in [4.69, 9.17) is 0 Å². The first-order valence-corrected chi connectivity index (χ1v) is 11.3. The Balaban J connectivity index is 1.65. The van der Waals surface area contributed by atoms with E-state index in [1.807, 2.05) is 28.8 Å². The smallest absolute Gasteiger partial charge is 0.211 e. The largest absolute Gasteiger partial charge is 0.294 e. The Morgan fingerprint density at radius 3 is 2.79 bits per heavy atom. The molecule has 0 spiro atoms. The van der Waals surface area contributed by atoms with Crippen LogP contribution in [0.5, 0.6) is 0 Å². The van der Waals surface area contributed by atoms with Gasteiger partial charge in [-0.3, -0.25) is 4.40 Å². The molecular formula is C17H27N3O2S2. The summed E-state index contributed by atoms with van der Waals surface area (Å²) in [6.07, 6.45) is 10.2. The van der Waals surface area contributed by atoms with Crippen molar-refractivity contribution < 1.29 is 8.42 Å². The van der Waals surface area contributed by atoms with Gasteiger partial charge in [0.05, 0.1) is 10.8 Å². The zero-order chi connectivity index (χ0) is 17.3. The molecule has 0 atom stereocenters. The van der Waals surface area contributed by atoms with Gasteiger partial charge < -0.3 is 0 Å². The highest BCUT2D eigenvalue weighted by molar-refractivity contribution is 7.99. The maximum Gasteiger partial charge on any atom is 0.211 e. The normalized spacial score (nSPS) is 12.0. The molecule has 24 heavy (non-hydrogen) atoms. The van der Waals surface area contributed by atoms with Gasteiger partial charge in [0.15, 0.2) is 0 Å². The molecule has 0 fully saturated rings. The quantitative estimate of drug-likeness (QED) is 0.458. The summed E-state index contributed by atoms with van der Waals surface area (Å²) >= 11 is 1.63. The predicted octanol–water partition coefficient (Wildman–Crippen LogP) is 3.71. The van der Waals surface area contributed by atoms with Crippen molar-refractivity contribution in [1.82, 2.24) is 14.1 Å². The minimum absolute atomic E-state index is 0.237. The lowest BCUT2D eigenvalue weighted by atomic mass is 10.1. The number of fused-ring (bicyclic) bond motifs is 1. The molecule has 0 radical (unpaired) electrons. The third-order valence-electron chi connectivity index (χ3n) is 3.83. The summed E-state index contributed by atoms with van der Waals surface area (Å²) in [5.41, 5.74) is 0.906. The first kappa shape index (κ1) is 19.3. The number of hydrogen-bond acceptors (Lipinski definition) is 4. The van der Waals surface area contributed by atoms with E-state index < -0.39 is 10.0 Å². The molecule has 0 amide bonds. The van der Waals surface area contributed by atoms with E-state index in [0.717, 1.165) is 29.9 Å². The lowest BCUT2D eigenvalue weighted by Gasteiger charge is -2.08. The number of imidazole rings is 1. The van der Waals surface area contributed by atoms with Crippen LogP contribution in [0, 0.1) is 0 Å². The second-order valence-corrected chi connectivity index (χ2v) is 8.89. The Kier molecular flexibility index (Phi) is 8.08. The van der Waals surface area contributed by atoms with Gasteiger partial charge >= 0.3 is 0 Å². The molecule has 0 aliphatic carbocycles. The van der Waals surface area contributed by atoms with E-state index in [1.54, 1.807) is 18.0 Å². The highest BCUT2D eigenvalue weighted by atomic mass is 32.2. The maximum atomic E-state index is 12.0. The van der Waals surface area contributed by atoms with Crippen molar-refractivity contribution in [2.75, 3.05) is 18.1 Å². The number of aromatic nitrogens is 2. The summed E-state index contributed by atoms with van der Waals surface area (Å²) in [7, 11) is -3.14. The highest BCUT2D eigenvalue weighted by Gasteiger charge is 2.09. The van der Waals surface area contributed by atoms with Gasteiger partial charge in [-0.15, -0.1) is 11.8 Å². The second-order valence-electron chi connectivity index (χ2n) is 5.85. The fraction of sp³-hybridized carbons (Fsp3) is 0.588. The van der Waals surface area contributed by atoms with E-state index >= 15 is 0 Å². The zero-order valence-corrected chi connectivity index (χ0v) is 15.9. The van der Waals surface area contributed by atoms with Crippen LogP contribution in [0.2, 0.25) is 0 Å². The second kappa shape index (κ2) is 10.1. The first-order chi connectivity index (χ1) is 11.6. The van der Waals surface area contributed by atoms with E-state index in [2.05, 4.69) is 16.6 Å². The van der Waals surface area contributed by atoms with E-state index in [0.29, 0.717) is 12.3 Å². The molecule has 0 saturated heterocycles. The van der Waals surface area contributed by atoms with Crippen LogP contribution < -0.4 is 4.72 Å². The summed E-state index contributed by atoms with van der Waals surface area (Å²) in [5.74, 6) is 0.938. The van der Waals surface area contributed by atoms with E-state index in [9.17, 15) is 8.42 Å². The Labute approximate surface area is 149 Å². The molecule has 5 nitrogen and oxygen atoms in total. The number of sulfonamides is 1. The number of nitrogens with zero attached hydrogens (tertiary/aromatic N) is 2. The van der Waals surface area contributed by atoms with Crippen molar-refractivity contribution in [1.29, 1.82) is 0 Å². The fourth-order valence-corrected chi connectivity index (χ4v) is 4.69. The summed E-state index contributed by atoms with van der Waals surface area (Å²) in [6, 6.07) is 5.94. The molecule has 2 aromatic heterocycles. The average Bonchev–Trinajstić information content (AvgIpc) is 3.04. The third kappa shape index (κ3) is 6.45. The summed E-state index contributed by atoms with van der Waals surface area (Å²) in [6.45, 7) is 2.63. The van der Waals surface area contributed by atoms with E-state index in [1.165, 1.54) is 19.3 Å². The van der Waals surface area contributed by atoms with Crippen molar-refractivity contribution in [2.45, 2.75) is 50.5 Å². The van der Waals surface area contributed by atoms with Crippen molar-refractivity contribution >= 4 is 27.4 Å². The van der Waals surface area contributed by atoms with Gasteiger partial charge in [-0.25, -0.2) is 18.1 Å². The molecule has 0 unspecified atom stereocenters. The molecule has 134 valence electrons. The van der Waals surface area contributed by atoms with E-state index in [-0.39, 0.29) is 5.75 Å². The maximum absolute atomic E-state index is 12.0. The molecule has 2 rings (SSSR count). The monoisotopic (exact) mass is 369 g/mol. The number of thioether (sulfide) groups is 1. The summed E-state index contributed by atoms with van der Waals surface area (Å²) in [4.78, 5) is 4.25.